The predicted octanol–water partition coefficient (Wildman–Crippen LogP) is -0.388. The first kappa shape index (κ1) is 30.8. The van der Waals surface area contributed by atoms with Gasteiger partial charge in [0.25, 0.3) is 0 Å². The molecule has 4 heteroatoms. The van der Waals surface area contributed by atoms with Crippen molar-refractivity contribution in [2.75, 3.05) is 0 Å². The van der Waals surface area contributed by atoms with Gasteiger partial charge in [-0.2, -0.15) is 0 Å². The normalized spacial score (nSPS) is 0. The van der Waals surface area contributed by atoms with Crippen LogP contribution in [0.3, 0.4) is 0 Å². The summed E-state index contributed by atoms with van der Waals surface area (Å²) in [5, 5.41) is 0. The monoisotopic (exact) mass is 412 g/mol. The van der Waals surface area contributed by atoms with Gasteiger partial charge in [-0.1, -0.05) is 0 Å². The van der Waals surface area contributed by atoms with Crippen molar-refractivity contribution in [3.8, 4) is 0 Å². The molecular formula is FeMnSnTa. The maximum absolute atomic E-state index is 0. The van der Waals surface area contributed by atoms with Crippen molar-refractivity contribution in [3.05, 3.63) is 0 Å². The molecule has 0 aliphatic rings. The second-order valence-corrected chi connectivity index (χ2v) is 0. The van der Waals surface area contributed by atoms with E-state index in [1.54, 1.807) is 0 Å². The molecule has 0 heterocycles. The van der Waals surface area contributed by atoms with E-state index in [1.165, 1.54) is 0 Å². The maximum atomic E-state index is 0. The quantitative estimate of drug-likeness (QED) is 0.478. The van der Waals surface area contributed by atoms with Gasteiger partial charge < -0.3 is 0 Å². The molecule has 6 radical (unpaired) electrons. The van der Waals surface area contributed by atoms with Gasteiger partial charge in [-0.3, -0.25) is 0 Å². The van der Waals surface area contributed by atoms with E-state index in [2.05, 4.69) is 0 Å². The van der Waals surface area contributed by atoms with E-state index in [0.717, 1.165) is 0 Å². The van der Waals surface area contributed by atoms with Crippen LogP contribution < -0.4 is 0 Å². The van der Waals surface area contributed by atoms with Crippen molar-refractivity contribution >= 4 is 23.9 Å². The molecule has 0 N–H and O–H groups in total. The van der Waals surface area contributed by atoms with Gasteiger partial charge in [-0.25, -0.2) is 0 Å². The molecule has 0 fully saturated rings. The fourth-order valence-electron chi connectivity index (χ4n) is 0. The molecule has 0 aliphatic heterocycles. The molecule has 4 heavy (non-hydrogen) atoms. The fraction of sp³-hybridized carbons (Fsp3) is 0. The summed E-state index contributed by atoms with van der Waals surface area (Å²) in [7, 11) is 0. The van der Waals surface area contributed by atoms with E-state index < -0.39 is 0 Å². The van der Waals surface area contributed by atoms with Crippen molar-refractivity contribution in [1.82, 2.24) is 0 Å². The Labute approximate surface area is 79.3 Å². The van der Waals surface area contributed by atoms with E-state index in [-0.39, 0.29) is 80.4 Å². The molecule has 0 nitrogen and oxygen atoms in total. The third-order valence-electron chi connectivity index (χ3n) is 0. The molecule has 0 saturated heterocycles. The Hall–Kier alpha value is 2.58. The third kappa shape index (κ3) is 8.82. The van der Waals surface area contributed by atoms with Gasteiger partial charge in [0.2, 0.25) is 0 Å². The van der Waals surface area contributed by atoms with E-state index in [0.29, 0.717) is 0 Å². The minimum atomic E-state index is 0. The van der Waals surface area contributed by atoms with Crippen LogP contribution in [0.1, 0.15) is 0 Å². The van der Waals surface area contributed by atoms with Gasteiger partial charge in [0.1, 0.15) is 0 Å². The van der Waals surface area contributed by atoms with E-state index >= 15 is 0 Å². The second-order valence-electron chi connectivity index (χ2n) is 0. The Morgan fingerprint density at radius 3 is 1.00 bits per heavy atom. The maximum Gasteiger partial charge on any atom is 0 e. The molecular weight excluding hydrogens is 410 g/mol. The van der Waals surface area contributed by atoms with Crippen LogP contribution in [0.5, 0.6) is 0 Å². The Morgan fingerprint density at radius 1 is 1.00 bits per heavy atom. The van der Waals surface area contributed by atoms with Crippen LogP contribution in [-0.4, -0.2) is 23.9 Å². The van der Waals surface area contributed by atoms with Crippen LogP contribution in [0.25, 0.3) is 0 Å². The van der Waals surface area contributed by atoms with Crippen molar-refractivity contribution in [2.45, 2.75) is 0 Å². The van der Waals surface area contributed by atoms with Gasteiger partial charge >= 0.3 is 0 Å². The Kier molecular flexibility index (Phi) is 135. The summed E-state index contributed by atoms with van der Waals surface area (Å²) < 4.78 is 0. The zero-order valence-electron chi connectivity index (χ0n) is 1.68. The smallest absolute Gasteiger partial charge is 0 e. The van der Waals surface area contributed by atoms with Gasteiger partial charge in [0.15, 0.2) is 0 Å². The summed E-state index contributed by atoms with van der Waals surface area (Å²) >= 11 is 0. The summed E-state index contributed by atoms with van der Waals surface area (Å²) in [6.07, 6.45) is 0. The molecule has 0 atom stereocenters. The molecule has 0 amide bonds. The molecule has 0 saturated carbocycles. The minimum absolute atomic E-state index is 0. The molecule has 0 aliphatic carbocycles. The summed E-state index contributed by atoms with van der Waals surface area (Å²) in [6.45, 7) is 0. The van der Waals surface area contributed by atoms with Gasteiger partial charge in [-0.05, 0) is 0 Å². The topological polar surface area (TPSA) is 0 Å². The van der Waals surface area contributed by atoms with Crippen LogP contribution in [0.2, 0.25) is 0 Å². The van der Waals surface area contributed by atoms with Crippen molar-refractivity contribution in [1.29, 1.82) is 0 Å². The van der Waals surface area contributed by atoms with E-state index in [1.807, 2.05) is 0 Å². The van der Waals surface area contributed by atoms with Crippen molar-refractivity contribution < 1.29 is 56.5 Å². The van der Waals surface area contributed by atoms with Crippen molar-refractivity contribution in [2.24, 2.45) is 0 Å². The summed E-state index contributed by atoms with van der Waals surface area (Å²) in [5.41, 5.74) is 0. The molecule has 0 aromatic heterocycles. The largest absolute Gasteiger partial charge is 0 e. The predicted molar refractivity (Wildman–Crippen MR) is 5.75 cm³/mol. The van der Waals surface area contributed by atoms with Gasteiger partial charge in [0.05, 0.1) is 0 Å². The molecule has 0 rings (SSSR count). The van der Waals surface area contributed by atoms with Gasteiger partial charge in [0, 0.05) is 80.4 Å². The summed E-state index contributed by atoms with van der Waals surface area (Å²) in [5.74, 6) is 0. The van der Waals surface area contributed by atoms with Crippen LogP contribution in [-0.2, 0) is 56.5 Å². The Morgan fingerprint density at radius 2 is 1.00 bits per heavy atom. The summed E-state index contributed by atoms with van der Waals surface area (Å²) in [4.78, 5) is 0. The molecule has 0 spiro atoms. The first-order chi connectivity index (χ1) is 0. The first-order valence-corrected chi connectivity index (χ1v) is 0. The van der Waals surface area contributed by atoms with E-state index in [4.69, 9.17) is 0 Å². The first-order valence-electron chi connectivity index (χ1n) is 0. The van der Waals surface area contributed by atoms with Crippen LogP contribution in [0, 0.1) is 0 Å². The van der Waals surface area contributed by atoms with E-state index in [9.17, 15) is 0 Å². The standard InChI is InChI=1S/Fe.Mn.Sn.Ta. The average Bonchev–Trinajstić information content (AvgIpc) is 0. The Bertz CT molecular complexity index is 8.00. The SMILES string of the molecule is [Fe].[Mn].[Sn].[Ta]. The zero-order chi connectivity index (χ0) is 0. The van der Waals surface area contributed by atoms with Crippen LogP contribution in [0.15, 0.2) is 0 Å². The molecule has 0 aromatic rings. The van der Waals surface area contributed by atoms with Crippen LogP contribution in [0.4, 0.5) is 0 Å². The molecule has 0 aromatic carbocycles. The Balaban J connectivity index is 0. The molecule has 0 unspecified atom stereocenters. The van der Waals surface area contributed by atoms with Gasteiger partial charge in [-0.15, -0.1) is 0 Å². The zero-order valence-corrected chi connectivity index (χ0v) is 10.0. The molecule has 24 valence electrons. The van der Waals surface area contributed by atoms with Crippen molar-refractivity contribution in [3.63, 3.8) is 0 Å². The second kappa shape index (κ2) is 17.6. The minimum Gasteiger partial charge on any atom is 0 e. The average molecular weight is 410 g/mol. The third-order valence-corrected chi connectivity index (χ3v) is 0. The number of rotatable bonds is 0. The molecule has 0 bridgehead atoms. The van der Waals surface area contributed by atoms with Crippen LogP contribution >= 0.6 is 0 Å². The number of hydrogen-bond donors (Lipinski definition) is 0. The summed E-state index contributed by atoms with van der Waals surface area (Å²) in [6, 6.07) is 0. The fourth-order valence-corrected chi connectivity index (χ4v) is 0. The number of hydrogen-bond acceptors (Lipinski definition) is 0.